The standard InChI is InChI=1S/C21H28N4O3/c1-15-6-2-3-11-21(15)19(27)25(20(28)23-21)14-18(26)22-16-7-9-17(10-8-16)24-12-4-5-13-24/h7-10,15H,2-6,11-14H2,1H3,(H,22,26)(H,23,28). The Morgan fingerprint density at radius 1 is 1.14 bits per heavy atom. The maximum Gasteiger partial charge on any atom is 0.325 e. The maximum atomic E-state index is 12.9. The molecule has 1 spiro atoms. The minimum Gasteiger partial charge on any atom is -0.372 e. The van der Waals surface area contributed by atoms with Crippen LogP contribution in [0.1, 0.15) is 45.4 Å². The number of hydrogen-bond acceptors (Lipinski definition) is 4. The van der Waals surface area contributed by atoms with Gasteiger partial charge in [0.25, 0.3) is 5.91 Å². The van der Waals surface area contributed by atoms with Crippen LogP contribution in [0.4, 0.5) is 16.2 Å². The first kappa shape index (κ1) is 18.8. The number of nitrogens with one attached hydrogen (secondary N) is 2. The van der Waals surface area contributed by atoms with E-state index < -0.39 is 11.6 Å². The van der Waals surface area contributed by atoms with Crippen molar-refractivity contribution in [2.75, 3.05) is 29.9 Å². The summed E-state index contributed by atoms with van der Waals surface area (Å²) in [4.78, 5) is 41.2. The third kappa shape index (κ3) is 3.34. The predicted octanol–water partition coefficient (Wildman–Crippen LogP) is 2.73. The van der Waals surface area contributed by atoms with Crippen LogP contribution in [-0.4, -0.2) is 47.9 Å². The van der Waals surface area contributed by atoms with Crippen molar-refractivity contribution in [3.63, 3.8) is 0 Å². The number of imide groups is 1. The Bertz CT molecular complexity index is 772. The van der Waals surface area contributed by atoms with E-state index in [0.29, 0.717) is 12.1 Å². The van der Waals surface area contributed by atoms with Gasteiger partial charge in [0.2, 0.25) is 5.91 Å². The van der Waals surface area contributed by atoms with Gasteiger partial charge in [0.1, 0.15) is 12.1 Å². The first-order valence-corrected chi connectivity index (χ1v) is 10.3. The summed E-state index contributed by atoms with van der Waals surface area (Å²) in [5, 5.41) is 5.68. The van der Waals surface area contributed by atoms with Crippen molar-refractivity contribution in [3.05, 3.63) is 24.3 Å². The lowest BCUT2D eigenvalue weighted by molar-refractivity contribution is -0.136. The summed E-state index contributed by atoms with van der Waals surface area (Å²) in [7, 11) is 0. The highest BCUT2D eigenvalue weighted by molar-refractivity contribution is 6.10. The van der Waals surface area contributed by atoms with Crippen molar-refractivity contribution in [1.29, 1.82) is 0 Å². The van der Waals surface area contributed by atoms with E-state index in [1.807, 2.05) is 31.2 Å². The van der Waals surface area contributed by atoms with Gasteiger partial charge in [-0.25, -0.2) is 4.79 Å². The number of amides is 4. The summed E-state index contributed by atoms with van der Waals surface area (Å²) in [6.45, 7) is 3.88. The van der Waals surface area contributed by atoms with Crippen molar-refractivity contribution >= 4 is 29.2 Å². The molecule has 2 unspecified atom stereocenters. The fourth-order valence-electron chi connectivity index (χ4n) is 4.71. The van der Waals surface area contributed by atoms with Crippen LogP contribution in [0.15, 0.2) is 24.3 Å². The highest BCUT2D eigenvalue weighted by atomic mass is 16.2. The number of hydrogen-bond donors (Lipinski definition) is 2. The lowest BCUT2D eigenvalue weighted by Crippen LogP contribution is -2.54. The van der Waals surface area contributed by atoms with Gasteiger partial charge in [0.05, 0.1) is 0 Å². The smallest absolute Gasteiger partial charge is 0.325 e. The van der Waals surface area contributed by atoms with Gasteiger partial charge in [0, 0.05) is 24.5 Å². The molecule has 0 bridgehead atoms. The highest BCUT2D eigenvalue weighted by Crippen LogP contribution is 2.38. The average Bonchev–Trinajstić information content (AvgIpc) is 3.29. The number of urea groups is 1. The number of benzene rings is 1. The van der Waals surface area contributed by atoms with E-state index in [1.54, 1.807) is 0 Å². The second kappa shape index (κ2) is 7.45. The molecule has 2 heterocycles. The molecule has 0 aromatic heterocycles. The lowest BCUT2D eigenvalue weighted by atomic mass is 9.73. The summed E-state index contributed by atoms with van der Waals surface area (Å²) in [5.74, 6) is -0.536. The van der Waals surface area contributed by atoms with Gasteiger partial charge in [-0.05, 0) is 55.9 Å². The Morgan fingerprint density at radius 2 is 1.86 bits per heavy atom. The number of anilines is 2. The molecule has 3 fully saturated rings. The maximum absolute atomic E-state index is 12.9. The SMILES string of the molecule is CC1CCCCC12NC(=O)N(CC(=O)Nc1ccc(N3CCCC3)cc1)C2=O. The Labute approximate surface area is 165 Å². The number of carbonyl (C=O) groups is 3. The van der Waals surface area contributed by atoms with Crippen LogP contribution in [0.3, 0.4) is 0 Å². The zero-order chi connectivity index (χ0) is 19.7. The van der Waals surface area contributed by atoms with E-state index in [9.17, 15) is 14.4 Å². The second-order valence-corrected chi connectivity index (χ2v) is 8.23. The molecular formula is C21H28N4O3. The lowest BCUT2D eigenvalue weighted by Gasteiger charge is -2.36. The van der Waals surface area contributed by atoms with E-state index in [4.69, 9.17) is 0 Å². The van der Waals surface area contributed by atoms with E-state index in [1.165, 1.54) is 12.8 Å². The molecular weight excluding hydrogens is 356 g/mol. The zero-order valence-corrected chi connectivity index (χ0v) is 16.4. The van der Waals surface area contributed by atoms with E-state index in [-0.39, 0.29) is 24.3 Å². The summed E-state index contributed by atoms with van der Waals surface area (Å²) in [5.41, 5.74) is 0.992. The minimum atomic E-state index is -0.826. The van der Waals surface area contributed by atoms with E-state index in [0.717, 1.165) is 42.9 Å². The molecule has 0 radical (unpaired) electrons. The largest absolute Gasteiger partial charge is 0.372 e. The molecule has 2 aliphatic heterocycles. The fraction of sp³-hybridized carbons (Fsp3) is 0.571. The molecule has 2 saturated heterocycles. The zero-order valence-electron chi connectivity index (χ0n) is 16.4. The van der Waals surface area contributed by atoms with Gasteiger partial charge >= 0.3 is 6.03 Å². The second-order valence-electron chi connectivity index (χ2n) is 8.23. The Balaban J connectivity index is 1.38. The third-order valence-corrected chi connectivity index (χ3v) is 6.43. The van der Waals surface area contributed by atoms with Gasteiger partial charge in [-0.1, -0.05) is 19.8 Å². The van der Waals surface area contributed by atoms with Crippen molar-refractivity contribution in [2.45, 2.75) is 51.0 Å². The minimum absolute atomic E-state index is 0.0869. The Hall–Kier alpha value is -2.57. The molecule has 1 aliphatic carbocycles. The fourth-order valence-corrected chi connectivity index (χ4v) is 4.71. The van der Waals surface area contributed by atoms with Gasteiger partial charge in [-0.2, -0.15) is 0 Å². The molecule has 2 N–H and O–H groups in total. The summed E-state index contributed by atoms with van der Waals surface area (Å²) in [6.07, 6.45) is 5.97. The normalized spacial score (nSPS) is 27.4. The average molecular weight is 384 g/mol. The molecule has 4 amide bonds. The van der Waals surface area contributed by atoms with Crippen LogP contribution in [-0.2, 0) is 9.59 Å². The molecule has 1 aromatic rings. The van der Waals surface area contributed by atoms with Gasteiger partial charge in [-0.3, -0.25) is 14.5 Å². The van der Waals surface area contributed by atoms with Crippen molar-refractivity contribution < 1.29 is 14.4 Å². The molecule has 150 valence electrons. The first-order chi connectivity index (χ1) is 13.5. The van der Waals surface area contributed by atoms with E-state index in [2.05, 4.69) is 15.5 Å². The van der Waals surface area contributed by atoms with Crippen LogP contribution >= 0.6 is 0 Å². The van der Waals surface area contributed by atoms with E-state index >= 15 is 0 Å². The topological polar surface area (TPSA) is 81.8 Å². The molecule has 7 nitrogen and oxygen atoms in total. The number of rotatable bonds is 4. The molecule has 3 aliphatic rings. The van der Waals surface area contributed by atoms with Crippen LogP contribution < -0.4 is 15.5 Å². The van der Waals surface area contributed by atoms with Crippen LogP contribution in [0.25, 0.3) is 0 Å². The van der Waals surface area contributed by atoms with Crippen molar-refractivity contribution in [2.24, 2.45) is 5.92 Å². The van der Waals surface area contributed by atoms with Crippen molar-refractivity contribution in [1.82, 2.24) is 10.2 Å². The highest BCUT2D eigenvalue weighted by Gasteiger charge is 2.55. The third-order valence-electron chi connectivity index (χ3n) is 6.43. The molecule has 7 heteroatoms. The van der Waals surface area contributed by atoms with Crippen LogP contribution in [0, 0.1) is 5.92 Å². The number of nitrogens with zero attached hydrogens (tertiary/aromatic N) is 2. The predicted molar refractivity (Wildman–Crippen MR) is 107 cm³/mol. The van der Waals surface area contributed by atoms with Gasteiger partial charge in [-0.15, -0.1) is 0 Å². The molecule has 1 aromatic carbocycles. The summed E-state index contributed by atoms with van der Waals surface area (Å²) in [6, 6.07) is 7.25. The van der Waals surface area contributed by atoms with Crippen LogP contribution in [0.5, 0.6) is 0 Å². The number of carbonyl (C=O) groups excluding carboxylic acids is 3. The first-order valence-electron chi connectivity index (χ1n) is 10.3. The van der Waals surface area contributed by atoms with Crippen LogP contribution in [0.2, 0.25) is 0 Å². The molecule has 1 saturated carbocycles. The van der Waals surface area contributed by atoms with Gasteiger partial charge < -0.3 is 15.5 Å². The molecule has 4 rings (SSSR count). The van der Waals surface area contributed by atoms with Crippen molar-refractivity contribution in [3.8, 4) is 0 Å². The molecule has 2 atom stereocenters. The summed E-state index contributed by atoms with van der Waals surface area (Å²) >= 11 is 0. The molecule has 28 heavy (non-hydrogen) atoms. The Morgan fingerprint density at radius 3 is 2.54 bits per heavy atom. The van der Waals surface area contributed by atoms with Gasteiger partial charge in [0.15, 0.2) is 0 Å². The quantitative estimate of drug-likeness (QED) is 0.782. The summed E-state index contributed by atoms with van der Waals surface area (Å²) < 4.78 is 0. The monoisotopic (exact) mass is 384 g/mol. The Kier molecular flexibility index (Phi) is 5.00.